The predicted molar refractivity (Wildman–Crippen MR) is 57.1 cm³/mol. The molecule has 3 nitrogen and oxygen atoms in total. The van der Waals surface area contributed by atoms with E-state index >= 15 is 0 Å². The molecule has 1 aliphatic rings. The third kappa shape index (κ3) is 3.02. The maximum absolute atomic E-state index is 10.9. The fourth-order valence-electron chi connectivity index (χ4n) is 1.78. The van der Waals surface area contributed by atoms with Crippen LogP contribution in [0.3, 0.4) is 0 Å². The molecule has 1 heterocycles. The fraction of sp³-hybridized carbons (Fsp3) is 0.364. The van der Waals surface area contributed by atoms with Gasteiger partial charge in [0.25, 0.3) is 0 Å². The minimum atomic E-state index is -1.01. The summed E-state index contributed by atoms with van der Waals surface area (Å²) in [5.41, 5.74) is 2.04. The monoisotopic (exact) mass is 313 g/mol. The minimum Gasteiger partial charge on any atom is -0.478 e. The average Bonchev–Trinajstić information content (AvgIpc) is 2.40. The Morgan fingerprint density at radius 3 is 3.00 bits per heavy atom. The molecule has 0 fully saturated rings. The van der Waals surface area contributed by atoms with E-state index in [1.165, 1.54) is 0 Å². The van der Waals surface area contributed by atoms with E-state index in [0.717, 1.165) is 36.9 Å². The molecule has 0 saturated heterocycles. The first kappa shape index (κ1) is 14.1. The van der Waals surface area contributed by atoms with Gasteiger partial charge >= 0.3 is 5.97 Å². The van der Waals surface area contributed by atoms with Crippen molar-refractivity contribution in [3.63, 3.8) is 0 Å². The third-order valence-corrected chi connectivity index (χ3v) is 2.85. The van der Waals surface area contributed by atoms with E-state index in [1.807, 2.05) is 0 Å². The summed E-state index contributed by atoms with van der Waals surface area (Å²) in [4.78, 5) is 15.0. The van der Waals surface area contributed by atoms with Crippen molar-refractivity contribution in [2.75, 3.05) is 0 Å². The topological polar surface area (TPSA) is 50.2 Å². The number of aromatic nitrogens is 1. The van der Waals surface area contributed by atoms with Crippen LogP contribution >= 0.6 is 11.6 Å². The van der Waals surface area contributed by atoms with Gasteiger partial charge in [0, 0.05) is 38.4 Å². The summed E-state index contributed by atoms with van der Waals surface area (Å²) in [5.74, 6) is -1.01. The average molecular weight is 314 g/mol. The van der Waals surface area contributed by atoms with Crippen LogP contribution in [0, 0.1) is 6.42 Å². The molecule has 0 aliphatic heterocycles. The van der Waals surface area contributed by atoms with Crippen molar-refractivity contribution >= 4 is 17.6 Å². The third-order valence-electron chi connectivity index (χ3n) is 2.56. The fourth-order valence-corrected chi connectivity index (χ4v) is 2.02. The first-order valence-electron chi connectivity index (χ1n) is 4.91. The molecule has 1 aliphatic carbocycles. The number of carbonyl (C=O) groups is 1. The number of pyridine rings is 1. The van der Waals surface area contributed by atoms with E-state index in [0.29, 0.717) is 0 Å². The summed E-state index contributed by atoms with van der Waals surface area (Å²) >= 11 is 5.81. The van der Waals surface area contributed by atoms with Crippen molar-refractivity contribution < 1.29 is 42.6 Å². The number of hydrogen-bond donors (Lipinski definition) is 1. The van der Waals surface area contributed by atoms with E-state index in [2.05, 4.69) is 11.4 Å². The van der Waals surface area contributed by atoms with Crippen molar-refractivity contribution in [2.45, 2.75) is 25.7 Å². The van der Waals surface area contributed by atoms with Crippen molar-refractivity contribution in [1.29, 1.82) is 0 Å². The van der Waals surface area contributed by atoms with Crippen molar-refractivity contribution in [3.05, 3.63) is 34.5 Å². The van der Waals surface area contributed by atoms with Crippen LogP contribution < -0.4 is 0 Å². The molecule has 83 valence electrons. The van der Waals surface area contributed by atoms with Crippen molar-refractivity contribution in [3.8, 4) is 0 Å². The van der Waals surface area contributed by atoms with Crippen molar-refractivity contribution in [1.82, 2.24) is 4.98 Å². The second kappa shape index (κ2) is 6.08. The molecule has 1 radical (unpaired) electrons. The number of carboxylic acid groups (broad SMARTS) is 1. The molecule has 0 atom stereocenters. The van der Waals surface area contributed by atoms with Crippen LogP contribution in [-0.4, -0.2) is 16.1 Å². The summed E-state index contributed by atoms with van der Waals surface area (Å²) in [7, 11) is 0. The van der Waals surface area contributed by atoms with E-state index in [-0.39, 0.29) is 43.4 Å². The summed E-state index contributed by atoms with van der Waals surface area (Å²) in [6.45, 7) is 0. The Balaban J connectivity index is 0.00000128. The molecular weight excluding hydrogens is 302 g/mol. The number of halogens is 1. The normalized spacial score (nSPS) is 14.6. The number of fused-ring (bicyclic) bond motifs is 1. The molecule has 16 heavy (non-hydrogen) atoms. The molecule has 0 saturated carbocycles. The Morgan fingerprint density at radius 2 is 2.31 bits per heavy atom. The molecular formula is C11H11ClNO2Y-. The summed E-state index contributed by atoms with van der Waals surface area (Å²) < 4.78 is 0. The molecule has 0 unspecified atom stereocenters. The summed E-state index contributed by atoms with van der Waals surface area (Å²) in [5, 5.41) is 9.00. The number of nitrogens with zero attached hydrogens (tertiary/aromatic N) is 1. The summed E-state index contributed by atoms with van der Waals surface area (Å²) in [6, 6.07) is 1.65. The molecule has 5 heteroatoms. The number of hydrogen-bond acceptors (Lipinski definition) is 2. The van der Waals surface area contributed by atoms with E-state index in [4.69, 9.17) is 16.7 Å². The van der Waals surface area contributed by atoms with Gasteiger partial charge in [-0.25, -0.2) is 9.78 Å². The Labute approximate surface area is 124 Å². The van der Waals surface area contributed by atoms with Crippen LogP contribution in [0.4, 0.5) is 0 Å². The van der Waals surface area contributed by atoms with Gasteiger partial charge in [-0.2, -0.15) is 12.8 Å². The molecule has 1 N–H and O–H groups in total. The maximum atomic E-state index is 10.9. The Kier molecular flexibility index (Phi) is 5.35. The Hall–Kier alpha value is 0.0139. The van der Waals surface area contributed by atoms with Crippen LogP contribution in [0.25, 0.3) is 0 Å². The van der Waals surface area contributed by atoms with E-state index < -0.39 is 5.97 Å². The zero-order chi connectivity index (χ0) is 10.8. The summed E-state index contributed by atoms with van der Waals surface area (Å²) in [6.07, 6.45) is 5.94. The quantitative estimate of drug-likeness (QED) is 0.492. The van der Waals surface area contributed by atoms with Gasteiger partial charge in [0.1, 0.15) is 5.15 Å². The van der Waals surface area contributed by atoms with Gasteiger partial charge in [0.05, 0.1) is 5.56 Å². The number of carboxylic acids is 1. The first-order chi connectivity index (χ1) is 7.18. The van der Waals surface area contributed by atoms with Crippen LogP contribution in [0.5, 0.6) is 0 Å². The molecule has 0 amide bonds. The molecule has 0 bridgehead atoms. The van der Waals surface area contributed by atoms with Crippen LogP contribution in [-0.2, 0) is 45.6 Å². The SMILES string of the molecule is O=C(O)c1cc2c(nc1Cl)CCC[CH-]C2.[Y]. The number of rotatable bonds is 1. The van der Waals surface area contributed by atoms with Crippen molar-refractivity contribution in [2.24, 2.45) is 0 Å². The molecule has 0 aromatic carbocycles. The molecule has 0 spiro atoms. The van der Waals surface area contributed by atoms with Gasteiger partial charge in [-0.05, 0) is 12.5 Å². The largest absolute Gasteiger partial charge is 0.478 e. The molecule has 1 aromatic rings. The second-order valence-electron chi connectivity index (χ2n) is 3.62. The minimum absolute atomic E-state index is 0. The molecule has 2 rings (SSSR count). The smallest absolute Gasteiger partial charge is 0.338 e. The van der Waals surface area contributed by atoms with Gasteiger partial charge in [0.2, 0.25) is 0 Å². The van der Waals surface area contributed by atoms with Gasteiger partial charge in [0.15, 0.2) is 0 Å². The predicted octanol–water partition coefficient (Wildman–Crippen LogP) is 2.51. The zero-order valence-corrected chi connectivity index (χ0v) is 12.3. The van der Waals surface area contributed by atoms with E-state index in [1.54, 1.807) is 6.07 Å². The van der Waals surface area contributed by atoms with Gasteiger partial charge in [-0.15, -0.1) is 0 Å². The first-order valence-corrected chi connectivity index (χ1v) is 5.29. The van der Waals surface area contributed by atoms with Gasteiger partial charge < -0.3 is 11.5 Å². The number of aromatic carboxylic acids is 1. The Morgan fingerprint density at radius 1 is 1.56 bits per heavy atom. The second-order valence-corrected chi connectivity index (χ2v) is 3.98. The van der Waals surface area contributed by atoms with Crippen LogP contribution in [0.2, 0.25) is 5.15 Å². The maximum Gasteiger partial charge on any atom is 0.338 e. The van der Waals surface area contributed by atoms with Gasteiger partial charge in [-0.3, -0.25) is 0 Å². The Bertz CT molecular complexity index is 409. The molecule has 1 aromatic heterocycles. The van der Waals surface area contributed by atoms with E-state index in [9.17, 15) is 4.79 Å². The van der Waals surface area contributed by atoms with Crippen LogP contribution in [0.1, 0.15) is 34.5 Å². The number of aryl methyl sites for hydroxylation is 1. The standard InChI is InChI=1S/C11H11ClNO2.Y/c12-10-8(11(14)15)6-7-4-2-1-3-5-9(7)13-10;/h2,6H,1,3-5H2,(H,14,15);/q-1;. The van der Waals surface area contributed by atoms with Crippen LogP contribution in [0.15, 0.2) is 6.07 Å². The van der Waals surface area contributed by atoms with Gasteiger partial charge in [-0.1, -0.05) is 23.6 Å². The zero-order valence-electron chi connectivity index (χ0n) is 8.74.